The molecule has 2 aliphatic rings. The zero-order valence-corrected chi connectivity index (χ0v) is 11.8. The van der Waals surface area contributed by atoms with E-state index in [4.69, 9.17) is 15.3 Å². The van der Waals surface area contributed by atoms with Gasteiger partial charge in [0.1, 0.15) is 0 Å². The first-order valence-electron chi connectivity index (χ1n) is 7.37. The average molecular weight is 256 g/mol. The third-order valence-corrected chi connectivity index (χ3v) is 4.44. The summed E-state index contributed by atoms with van der Waals surface area (Å²) in [6.07, 6.45) is 7.59. The number of hydrazine groups is 1. The summed E-state index contributed by atoms with van der Waals surface area (Å²) in [5.74, 6) is 6.29. The maximum Gasteiger partial charge on any atom is 0.0685 e. The molecule has 0 amide bonds. The first-order valence-corrected chi connectivity index (χ1v) is 7.37. The highest BCUT2D eigenvalue weighted by molar-refractivity contribution is 4.94. The molecule has 1 spiro atoms. The number of ether oxygens (including phenoxy) is 2. The Morgan fingerprint density at radius 1 is 1.39 bits per heavy atom. The lowest BCUT2D eigenvalue weighted by Crippen LogP contribution is -2.50. The van der Waals surface area contributed by atoms with Crippen LogP contribution in [-0.2, 0) is 9.47 Å². The molecule has 2 atom stereocenters. The summed E-state index contributed by atoms with van der Waals surface area (Å²) in [6.45, 7) is 5.71. The van der Waals surface area contributed by atoms with Crippen LogP contribution in [0.2, 0.25) is 0 Å². The summed E-state index contributed by atoms with van der Waals surface area (Å²) in [4.78, 5) is 0. The lowest BCUT2D eigenvalue weighted by molar-refractivity contribution is -0.103. The van der Waals surface area contributed by atoms with Crippen LogP contribution >= 0.6 is 0 Å². The SMILES string of the molecule is CC(C)OCC(NN)C1CCOC2(CCCC2)C1. The van der Waals surface area contributed by atoms with Crippen LogP contribution in [0.1, 0.15) is 52.4 Å². The van der Waals surface area contributed by atoms with Gasteiger partial charge in [-0.25, -0.2) is 0 Å². The first kappa shape index (κ1) is 14.3. The van der Waals surface area contributed by atoms with Gasteiger partial charge in [0.2, 0.25) is 0 Å². The van der Waals surface area contributed by atoms with Gasteiger partial charge in [0.15, 0.2) is 0 Å². The molecule has 2 fully saturated rings. The second-order valence-electron chi connectivity index (χ2n) is 6.15. The first-order chi connectivity index (χ1) is 8.65. The fourth-order valence-corrected chi connectivity index (χ4v) is 3.39. The van der Waals surface area contributed by atoms with Gasteiger partial charge in [-0.2, -0.15) is 0 Å². The molecule has 4 heteroatoms. The fourth-order valence-electron chi connectivity index (χ4n) is 3.39. The van der Waals surface area contributed by atoms with E-state index < -0.39 is 0 Å². The maximum absolute atomic E-state index is 6.07. The van der Waals surface area contributed by atoms with Crippen molar-refractivity contribution in [2.24, 2.45) is 11.8 Å². The Bertz CT molecular complexity index is 252. The minimum absolute atomic E-state index is 0.163. The van der Waals surface area contributed by atoms with Crippen molar-refractivity contribution in [3.05, 3.63) is 0 Å². The van der Waals surface area contributed by atoms with Crippen molar-refractivity contribution in [2.75, 3.05) is 13.2 Å². The number of rotatable bonds is 5. The van der Waals surface area contributed by atoms with Crippen molar-refractivity contribution in [2.45, 2.75) is 70.1 Å². The fraction of sp³-hybridized carbons (Fsp3) is 1.00. The van der Waals surface area contributed by atoms with Gasteiger partial charge in [-0.1, -0.05) is 12.8 Å². The molecule has 0 bridgehead atoms. The Kier molecular flexibility index (Phi) is 5.01. The molecular formula is C14H28N2O2. The monoisotopic (exact) mass is 256 g/mol. The highest BCUT2D eigenvalue weighted by Crippen LogP contribution is 2.42. The molecule has 2 unspecified atom stereocenters. The maximum atomic E-state index is 6.07. The van der Waals surface area contributed by atoms with E-state index in [9.17, 15) is 0 Å². The summed E-state index contributed by atoms with van der Waals surface area (Å²) in [7, 11) is 0. The summed E-state index contributed by atoms with van der Waals surface area (Å²) < 4.78 is 11.8. The minimum atomic E-state index is 0.163. The lowest BCUT2D eigenvalue weighted by atomic mass is 9.81. The summed E-state index contributed by atoms with van der Waals surface area (Å²) in [5, 5.41) is 0. The van der Waals surface area contributed by atoms with Gasteiger partial charge in [0, 0.05) is 12.6 Å². The molecule has 1 saturated carbocycles. The van der Waals surface area contributed by atoms with Gasteiger partial charge < -0.3 is 9.47 Å². The molecule has 0 radical (unpaired) electrons. The van der Waals surface area contributed by atoms with Crippen molar-refractivity contribution in [1.29, 1.82) is 0 Å². The third-order valence-electron chi connectivity index (χ3n) is 4.44. The summed E-state index contributed by atoms with van der Waals surface area (Å²) in [6, 6.07) is 0.258. The quantitative estimate of drug-likeness (QED) is 0.583. The Labute approximate surface area is 111 Å². The van der Waals surface area contributed by atoms with E-state index in [1.54, 1.807) is 0 Å². The highest BCUT2D eigenvalue weighted by atomic mass is 16.5. The highest BCUT2D eigenvalue weighted by Gasteiger charge is 2.41. The molecule has 2 rings (SSSR count). The van der Waals surface area contributed by atoms with Crippen LogP contribution in [0, 0.1) is 5.92 Å². The van der Waals surface area contributed by atoms with E-state index in [-0.39, 0.29) is 17.7 Å². The number of hydrogen-bond donors (Lipinski definition) is 2. The van der Waals surface area contributed by atoms with Crippen LogP contribution < -0.4 is 11.3 Å². The predicted molar refractivity (Wildman–Crippen MR) is 72.1 cm³/mol. The molecule has 1 heterocycles. The molecule has 1 aliphatic heterocycles. The smallest absolute Gasteiger partial charge is 0.0685 e. The summed E-state index contributed by atoms with van der Waals surface area (Å²) in [5.41, 5.74) is 3.12. The topological polar surface area (TPSA) is 56.5 Å². The number of nitrogens with two attached hydrogens (primary N) is 1. The molecule has 1 aliphatic carbocycles. The van der Waals surface area contributed by atoms with Gasteiger partial charge in [0.05, 0.1) is 18.3 Å². The van der Waals surface area contributed by atoms with Gasteiger partial charge in [-0.05, 0) is 45.4 Å². The Morgan fingerprint density at radius 2 is 2.11 bits per heavy atom. The molecule has 0 aromatic carbocycles. The van der Waals surface area contributed by atoms with Crippen LogP contribution in [-0.4, -0.2) is 31.0 Å². The van der Waals surface area contributed by atoms with Crippen LogP contribution in [0.5, 0.6) is 0 Å². The van der Waals surface area contributed by atoms with Gasteiger partial charge >= 0.3 is 0 Å². The van der Waals surface area contributed by atoms with Gasteiger partial charge in [0.25, 0.3) is 0 Å². The van der Waals surface area contributed by atoms with E-state index in [2.05, 4.69) is 19.3 Å². The Hall–Kier alpha value is -0.160. The van der Waals surface area contributed by atoms with Crippen LogP contribution in [0.4, 0.5) is 0 Å². The molecule has 18 heavy (non-hydrogen) atoms. The van der Waals surface area contributed by atoms with Gasteiger partial charge in [-0.15, -0.1) is 0 Å². The molecule has 0 aromatic rings. The lowest BCUT2D eigenvalue weighted by Gasteiger charge is -2.41. The molecule has 1 saturated heterocycles. The predicted octanol–water partition coefficient (Wildman–Crippen LogP) is 1.98. The van der Waals surface area contributed by atoms with Crippen LogP contribution in [0.25, 0.3) is 0 Å². The zero-order valence-electron chi connectivity index (χ0n) is 11.8. The van der Waals surface area contributed by atoms with Crippen molar-refractivity contribution < 1.29 is 9.47 Å². The van der Waals surface area contributed by atoms with Crippen molar-refractivity contribution >= 4 is 0 Å². The van der Waals surface area contributed by atoms with Crippen molar-refractivity contribution in [1.82, 2.24) is 5.43 Å². The van der Waals surface area contributed by atoms with Gasteiger partial charge in [-0.3, -0.25) is 11.3 Å². The third kappa shape index (κ3) is 3.44. The molecular weight excluding hydrogens is 228 g/mol. The van der Waals surface area contributed by atoms with Crippen molar-refractivity contribution in [3.63, 3.8) is 0 Å². The number of hydrogen-bond acceptors (Lipinski definition) is 4. The zero-order chi connectivity index (χ0) is 13.0. The molecule has 4 nitrogen and oxygen atoms in total. The average Bonchev–Trinajstić information content (AvgIpc) is 2.78. The standard InChI is InChI=1S/C14H28N2O2/c1-11(2)17-10-13(16-15)12-5-8-18-14(9-12)6-3-4-7-14/h11-13,16H,3-10,15H2,1-2H3. The largest absolute Gasteiger partial charge is 0.377 e. The number of nitrogens with one attached hydrogen (secondary N) is 1. The van der Waals surface area contributed by atoms with Crippen molar-refractivity contribution in [3.8, 4) is 0 Å². The summed E-state index contributed by atoms with van der Waals surface area (Å²) >= 11 is 0. The van der Waals surface area contributed by atoms with Crippen LogP contribution in [0.3, 0.4) is 0 Å². The normalized spacial score (nSPS) is 29.0. The second-order valence-corrected chi connectivity index (χ2v) is 6.15. The van der Waals surface area contributed by atoms with E-state index >= 15 is 0 Å². The minimum Gasteiger partial charge on any atom is -0.377 e. The van der Waals surface area contributed by atoms with E-state index in [1.807, 2.05) is 0 Å². The van der Waals surface area contributed by atoms with E-state index in [0.29, 0.717) is 12.5 Å². The van der Waals surface area contributed by atoms with Crippen LogP contribution in [0.15, 0.2) is 0 Å². The van der Waals surface area contributed by atoms with E-state index in [0.717, 1.165) is 19.4 Å². The molecule has 3 N–H and O–H groups in total. The molecule has 106 valence electrons. The molecule has 0 aromatic heterocycles. The second kappa shape index (κ2) is 6.33. The van der Waals surface area contributed by atoms with E-state index in [1.165, 1.54) is 25.7 Å². The Balaban J connectivity index is 1.89. The Morgan fingerprint density at radius 3 is 2.72 bits per heavy atom.